The smallest absolute Gasteiger partial charge is 0.199 e. The molecule has 9 heteroatoms. The Morgan fingerprint density at radius 3 is 2.63 bits per heavy atom. The maximum atomic E-state index is 9.32. The van der Waals surface area contributed by atoms with Crippen molar-refractivity contribution in [1.82, 2.24) is 24.2 Å². The van der Waals surface area contributed by atoms with Crippen molar-refractivity contribution < 1.29 is 4.74 Å². The van der Waals surface area contributed by atoms with E-state index in [1.165, 1.54) is 0 Å². The number of ether oxygens (including phenoxy) is 1. The molecule has 1 saturated heterocycles. The van der Waals surface area contributed by atoms with E-state index in [1.807, 2.05) is 40.6 Å². The van der Waals surface area contributed by atoms with E-state index in [4.69, 9.17) is 22.1 Å². The normalized spacial score (nSPS) is 14.5. The van der Waals surface area contributed by atoms with Gasteiger partial charge in [-0.2, -0.15) is 10.4 Å². The molecule has 0 amide bonds. The van der Waals surface area contributed by atoms with Gasteiger partial charge in [0.1, 0.15) is 17.6 Å². The van der Waals surface area contributed by atoms with Gasteiger partial charge in [0, 0.05) is 39.4 Å². The summed E-state index contributed by atoms with van der Waals surface area (Å²) in [6, 6.07) is 13.6. The van der Waals surface area contributed by atoms with Gasteiger partial charge in [-0.25, -0.2) is 9.67 Å². The fourth-order valence-electron chi connectivity index (χ4n) is 3.67. The molecule has 0 aliphatic carbocycles. The Morgan fingerprint density at radius 1 is 1.13 bits per heavy atom. The molecule has 0 radical (unpaired) electrons. The monoisotopic (exact) mass is 421 g/mol. The lowest BCUT2D eigenvalue weighted by Crippen LogP contribution is -2.47. The minimum atomic E-state index is 0.611. The van der Waals surface area contributed by atoms with Crippen LogP contribution in [0.2, 0.25) is 0 Å². The third kappa shape index (κ3) is 3.79. The Bertz CT molecular complexity index is 1140. The minimum Gasteiger partial charge on any atom is -0.496 e. The van der Waals surface area contributed by atoms with E-state index in [0.717, 1.165) is 49.1 Å². The van der Waals surface area contributed by atoms with E-state index in [-0.39, 0.29) is 0 Å². The van der Waals surface area contributed by atoms with Crippen LogP contribution >= 0.6 is 12.2 Å². The summed E-state index contributed by atoms with van der Waals surface area (Å²) in [6.07, 6.45) is 1.73. The Balaban J connectivity index is 1.49. The van der Waals surface area contributed by atoms with Crippen LogP contribution in [0.15, 0.2) is 42.6 Å². The van der Waals surface area contributed by atoms with Gasteiger partial charge in [-0.15, -0.1) is 0 Å². The first-order chi connectivity index (χ1) is 14.6. The lowest BCUT2D eigenvalue weighted by atomic mass is 10.2. The third-order valence-electron chi connectivity index (χ3n) is 5.30. The van der Waals surface area contributed by atoms with E-state index in [9.17, 15) is 5.26 Å². The van der Waals surface area contributed by atoms with E-state index < -0.39 is 0 Å². The van der Waals surface area contributed by atoms with Crippen LogP contribution in [-0.2, 0) is 13.7 Å². The van der Waals surface area contributed by atoms with Gasteiger partial charge < -0.3 is 14.2 Å². The first-order valence-electron chi connectivity index (χ1n) is 9.72. The van der Waals surface area contributed by atoms with Crippen LogP contribution in [-0.4, -0.2) is 57.5 Å². The molecule has 1 fully saturated rings. The van der Waals surface area contributed by atoms with Crippen LogP contribution < -0.4 is 9.64 Å². The first kappa shape index (κ1) is 20.1. The summed E-state index contributed by atoms with van der Waals surface area (Å²) in [7, 11) is 3.58. The summed E-state index contributed by atoms with van der Waals surface area (Å²) in [4.78, 5) is 8.86. The average molecular weight is 422 g/mol. The van der Waals surface area contributed by atoms with Crippen molar-refractivity contribution in [3.05, 3.63) is 52.9 Å². The number of nitrogens with zero attached hydrogens (tertiary/aromatic N) is 7. The quantitative estimate of drug-likeness (QED) is 0.586. The average Bonchev–Trinajstić information content (AvgIpc) is 3.08. The molecule has 0 bridgehead atoms. The lowest BCUT2D eigenvalue weighted by molar-refractivity contribution is 0.194. The van der Waals surface area contributed by atoms with Crippen molar-refractivity contribution in [1.29, 1.82) is 5.26 Å². The van der Waals surface area contributed by atoms with E-state index >= 15 is 0 Å². The van der Waals surface area contributed by atoms with Crippen LogP contribution in [0, 0.1) is 16.1 Å². The van der Waals surface area contributed by atoms with E-state index in [1.54, 1.807) is 25.4 Å². The highest BCUT2D eigenvalue weighted by molar-refractivity contribution is 7.71. The number of methoxy groups -OCH3 is 1. The highest BCUT2D eigenvalue weighted by atomic mass is 32.1. The molecule has 0 spiro atoms. The molecule has 0 N–H and O–H groups in total. The topological polar surface area (TPSA) is 75.1 Å². The Morgan fingerprint density at radius 2 is 1.90 bits per heavy atom. The number of anilines is 1. The fourth-order valence-corrected chi connectivity index (χ4v) is 3.86. The molecule has 3 aromatic rings. The van der Waals surface area contributed by atoms with Crippen molar-refractivity contribution in [3.8, 4) is 23.2 Å². The van der Waals surface area contributed by atoms with Crippen LogP contribution in [0.4, 0.5) is 5.82 Å². The molecule has 3 heterocycles. The second kappa shape index (κ2) is 8.65. The van der Waals surface area contributed by atoms with E-state index in [0.29, 0.717) is 17.0 Å². The van der Waals surface area contributed by atoms with Gasteiger partial charge in [0.15, 0.2) is 10.6 Å². The van der Waals surface area contributed by atoms with Crippen molar-refractivity contribution in [2.75, 3.05) is 38.2 Å². The van der Waals surface area contributed by atoms with Crippen molar-refractivity contribution in [2.24, 2.45) is 7.05 Å². The lowest BCUT2D eigenvalue weighted by Gasteiger charge is -2.35. The van der Waals surface area contributed by atoms with Gasteiger partial charge in [0.2, 0.25) is 0 Å². The number of pyridine rings is 1. The molecule has 30 heavy (non-hydrogen) atoms. The molecule has 8 nitrogen and oxygen atoms in total. The molecule has 0 saturated carbocycles. The van der Waals surface area contributed by atoms with Crippen LogP contribution in [0.3, 0.4) is 0 Å². The number of para-hydroxylation sites is 1. The van der Waals surface area contributed by atoms with Crippen molar-refractivity contribution >= 4 is 18.0 Å². The molecule has 0 atom stereocenters. The molecule has 0 unspecified atom stereocenters. The second-order valence-electron chi connectivity index (χ2n) is 7.10. The predicted octanol–water partition coefficient (Wildman–Crippen LogP) is 2.67. The van der Waals surface area contributed by atoms with Crippen molar-refractivity contribution in [2.45, 2.75) is 6.67 Å². The molecule has 2 aromatic heterocycles. The molecule has 4 rings (SSSR count). The number of hydrogen-bond acceptors (Lipinski definition) is 7. The largest absolute Gasteiger partial charge is 0.496 e. The SMILES string of the molecule is COc1ccccc1-c1nn(CN2CCN(c3ncccc3C#N)CC2)c(=S)n1C. The summed E-state index contributed by atoms with van der Waals surface area (Å²) in [5, 5.41) is 14.1. The van der Waals surface area contributed by atoms with Gasteiger partial charge in [0.05, 0.1) is 24.9 Å². The number of hydrogen-bond donors (Lipinski definition) is 0. The number of aromatic nitrogens is 4. The summed E-state index contributed by atoms with van der Waals surface area (Å²) in [5.74, 6) is 2.31. The molecule has 154 valence electrons. The van der Waals surface area contributed by atoms with Crippen molar-refractivity contribution in [3.63, 3.8) is 0 Å². The van der Waals surface area contributed by atoms with Gasteiger partial charge in [-0.3, -0.25) is 4.90 Å². The van der Waals surface area contributed by atoms with Gasteiger partial charge >= 0.3 is 0 Å². The summed E-state index contributed by atoms with van der Waals surface area (Å²) in [6.45, 7) is 3.88. The first-order valence-corrected chi connectivity index (χ1v) is 10.1. The molecular weight excluding hydrogens is 398 g/mol. The predicted molar refractivity (Wildman–Crippen MR) is 117 cm³/mol. The Labute approximate surface area is 180 Å². The third-order valence-corrected chi connectivity index (χ3v) is 5.79. The number of piperazine rings is 1. The zero-order valence-corrected chi connectivity index (χ0v) is 17.8. The highest BCUT2D eigenvalue weighted by Crippen LogP contribution is 2.28. The van der Waals surface area contributed by atoms with Gasteiger partial charge in [0.25, 0.3) is 0 Å². The van der Waals surface area contributed by atoms with Crippen LogP contribution in [0.1, 0.15) is 5.56 Å². The number of nitriles is 1. The summed E-state index contributed by atoms with van der Waals surface area (Å²) >= 11 is 5.63. The Hall–Kier alpha value is -3.22. The summed E-state index contributed by atoms with van der Waals surface area (Å²) in [5.41, 5.74) is 1.52. The zero-order chi connectivity index (χ0) is 21.1. The molecule has 1 aliphatic heterocycles. The van der Waals surface area contributed by atoms with Crippen LogP contribution in [0.25, 0.3) is 11.4 Å². The van der Waals surface area contributed by atoms with E-state index in [2.05, 4.69) is 20.9 Å². The fraction of sp³-hybridized carbons (Fsp3) is 0.333. The standard InChI is InChI=1S/C21H23N7OS/c1-25-20(17-7-3-4-8-18(17)29-2)24-28(21(25)30)15-26-10-12-27(13-11-26)19-16(14-22)6-5-9-23-19/h3-9H,10-13,15H2,1-2H3. The number of rotatable bonds is 5. The maximum absolute atomic E-state index is 9.32. The second-order valence-corrected chi connectivity index (χ2v) is 7.46. The maximum Gasteiger partial charge on any atom is 0.199 e. The molecular formula is C21H23N7OS. The summed E-state index contributed by atoms with van der Waals surface area (Å²) < 4.78 is 9.92. The molecule has 1 aromatic carbocycles. The zero-order valence-electron chi connectivity index (χ0n) is 17.0. The van der Waals surface area contributed by atoms with Crippen LogP contribution in [0.5, 0.6) is 5.75 Å². The van der Waals surface area contributed by atoms with Gasteiger partial charge in [-0.05, 0) is 36.5 Å². The molecule has 1 aliphatic rings. The Kier molecular flexibility index (Phi) is 5.79. The highest BCUT2D eigenvalue weighted by Gasteiger charge is 2.22. The number of benzene rings is 1. The minimum absolute atomic E-state index is 0.611. The van der Waals surface area contributed by atoms with Gasteiger partial charge in [-0.1, -0.05) is 12.1 Å².